The van der Waals surface area contributed by atoms with E-state index >= 15 is 0 Å². The first kappa shape index (κ1) is 22.7. The van der Waals surface area contributed by atoms with Gasteiger partial charge in [0, 0.05) is 15.4 Å². The summed E-state index contributed by atoms with van der Waals surface area (Å²) in [5.41, 5.74) is 0.272. The van der Waals surface area contributed by atoms with Gasteiger partial charge in [0.15, 0.2) is 19.8 Å². The molecule has 0 unspecified atom stereocenters. The van der Waals surface area contributed by atoms with Gasteiger partial charge in [0.25, 0.3) is 0 Å². The van der Waals surface area contributed by atoms with Crippen molar-refractivity contribution in [3.63, 3.8) is 0 Å². The summed E-state index contributed by atoms with van der Waals surface area (Å²) in [4.78, 5) is 26.9. The van der Waals surface area contributed by atoms with Crippen LogP contribution in [0.1, 0.15) is 17.3 Å². The van der Waals surface area contributed by atoms with Crippen LogP contribution >= 0.6 is 10.5 Å². The van der Waals surface area contributed by atoms with Gasteiger partial charge in [-0.2, -0.15) is 0 Å². The lowest BCUT2D eigenvalue weighted by molar-refractivity contribution is -0.134. The van der Waals surface area contributed by atoms with Crippen LogP contribution in [0.15, 0.2) is 101 Å². The highest BCUT2D eigenvalue weighted by Gasteiger charge is 2.33. The summed E-state index contributed by atoms with van der Waals surface area (Å²) in [6.45, 7) is 1.63. The molecule has 5 nitrogen and oxygen atoms in total. The van der Waals surface area contributed by atoms with Crippen molar-refractivity contribution < 1.29 is 22.7 Å². The number of carbonyl (C=O) groups is 2. The third kappa shape index (κ3) is 5.57. The molecule has 0 spiro atoms. The van der Waals surface area contributed by atoms with Crippen LogP contribution in [0, 0.1) is 0 Å². The smallest absolute Gasteiger partial charge is 0.356 e. The fraction of sp³-hybridized carbons (Fsp3) is 0.125. The zero-order chi connectivity index (χ0) is 22.3. The minimum atomic E-state index is -4.28. The third-order valence-electron chi connectivity index (χ3n) is 4.28. The molecule has 0 N–H and O–H groups in total. The van der Waals surface area contributed by atoms with E-state index in [9.17, 15) is 18.0 Å². The van der Waals surface area contributed by atoms with Crippen LogP contribution in [-0.4, -0.2) is 36.7 Å². The Labute approximate surface area is 184 Å². The van der Waals surface area contributed by atoms with Crippen molar-refractivity contribution in [1.82, 2.24) is 0 Å². The summed E-state index contributed by atoms with van der Waals surface area (Å²) in [5.74, 6) is -2.32. The highest BCUT2D eigenvalue weighted by atomic mass is 32.2. The van der Waals surface area contributed by atoms with Crippen LogP contribution in [0.3, 0.4) is 0 Å². The molecule has 0 aliphatic carbocycles. The van der Waals surface area contributed by atoms with Crippen molar-refractivity contribution in [2.75, 3.05) is 12.4 Å². The van der Waals surface area contributed by atoms with Crippen LogP contribution in [0.5, 0.6) is 0 Å². The van der Waals surface area contributed by atoms with E-state index in [1.165, 1.54) is 0 Å². The maximum absolute atomic E-state index is 13.5. The summed E-state index contributed by atoms with van der Waals surface area (Å²) < 4.78 is 31.7. The average Bonchev–Trinajstić information content (AvgIpc) is 2.78. The van der Waals surface area contributed by atoms with Crippen molar-refractivity contribution in [3.05, 3.63) is 96.6 Å². The van der Waals surface area contributed by atoms with Gasteiger partial charge in [0.05, 0.1) is 6.61 Å². The molecule has 3 rings (SSSR count). The zero-order valence-electron chi connectivity index (χ0n) is 16.9. The normalized spacial score (nSPS) is 11.2. The largest absolute Gasteiger partial charge is 0.462 e. The highest BCUT2D eigenvalue weighted by Crippen LogP contribution is 2.38. The van der Waals surface area contributed by atoms with Crippen molar-refractivity contribution in [3.8, 4) is 0 Å². The molecule has 0 fully saturated rings. The first-order valence-electron chi connectivity index (χ1n) is 9.63. The Kier molecular flexibility index (Phi) is 7.55. The predicted molar refractivity (Wildman–Crippen MR) is 123 cm³/mol. The van der Waals surface area contributed by atoms with Gasteiger partial charge >= 0.3 is 5.97 Å². The molecular formula is C24H22O5S2. The minimum Gasteiger partial charge on any atom is -0.462 e. The fourth-order valence-corrected chi connectivity index (χ4v) is 7.45. The first-order valence-corrected chi connectivity index (χ1v) is 12.5. The number of carbonyl (C=O) groups excluding carboxylic acids is 2. The fourth-order valence-electron chi connectivity index (χ4n) is 2.94. The SMILES string of the molecule is CCOC(=O)C(=S(c1ccccc1)c1ccccc1)S(=O)(=O)CC(=O)c1ccccc1. The number of ketones is 1. The third-order valence-corrected chi connectivity index (χ3v) is 8.94. The van der Waals surface area contributed by atoms with E-state index in [1.807, 2.05) is 12.1 Å². The molecule has 0 atom stereocenters. The van der Waals surface area contributed by atoms with Gasteiger partial charge in [-0.1, -0.05) is 77.2 Å². The Balaban J connectivity index is 2.22. The van der Waals surface area contributed by atoms with Crippen LogP contribution in [-0.2, 0) is 19.4 Å². The van der Waals surface area contributed by atoms with Crippen LogP contribution in [0.4, 0.5) is 0 Å². The second kappa shape index (κ2) is 10.3. The highest BCUT2D eigenvalue weighted by molar-refractivity contribution is 8.32. The number of esters is 1. The monoisotopic (exact) mass is 454 g/mol. The van der Waals surface area contributed by atoms with E-state index in [0.717, 1.165) is 0 Å². The van der Waals surface area contributed by atoms with Crippen molar-refractivity contribution in [1.29, 1.82) is 0 Å². The van der Waals surface area contributed by atoms with Gasteiger partial charge in [0.1, 0.15) is 5.75 Å². The standard InChI is InChI=1S/C24H22O5S2/c1-2-29-23(26)24(31(27,28)18-22(25)19-12-6-3-7-13-19)30(20-14-8-4-9-15-20)21-16-10-5-11-17-21/h3-17H,2,18H2,1H3. The second-order valence-corrected chi connectivity index (χ2v) is 10.6. The van der Waals surface area contributed by atoms with Gasteiger partial charge in [-0.25, -0.2) is 13.2 Å². The van der Waals surface area contributed by atoms with Crippen LogP contribution in [0.2, 0.25) is 0 Å². The summed E-state index contributed by atoms with van der Waals surface area (Å²) in [6.07, 6.45) is 0. The number of sulfone groups is 1. The average molecular weight is 455 g/mol. The van der Waals surface area contributed by atoms with E-state index in [1.54, 1.807) is 85.8 Å². The molecule has 0 heterocycles. The van der Waals surface area contributed by atoms with Gasteiger partial charge in [-0.15, -0.1) is 0 Å². The Bertz CT molecular complexity index is 1140. The predicted octanol–water partition coefficient (Wildman–Crippen LogP) is 4.36. The van der Waals surface area contributed by atoms with E-state index in [2.05, 4.69) is 0 Å². The van der Waals surface area contributed by atoms with E-state index in [-0.39, 0.29) is 12.2 Å². The molecular weight excluding hydrogens is 432 g/mol. The summed E-state index contributed by atoms with van der Waals surface area (Å²) >= 11 is 0. The number of Topliss-reactive ketones (excluding diaryl/α,β-unsaturated/α-hetero) is 1. The molecule has 0 aromatic heterocycles. The first-order chi connectivity index (χ1) is 14.9. The summed E-state index contributed by atoms with van der Waals surface area (Å²) in [7, 11) is -5.54. The molecule has 7 heteroatoms. The molecule has 3 aromatic rings. The van der Waals surface area contributed by atoms with E-state index in [4.69, 9.17) is 4.74 Å². The molecule has 0 bridgehead atoms. The maximum atomic E-state index is 13.5. The Hall–Kier alpha value is -3.03. The second-order valence-electron chi connectivity index (χ2n) is 6.49. The number of hydrogen-bond acceptors (Lipinski definition) is 5. The lowest BCUT2D eigenvalue weighted by Gasteiger charge is -2.17. The minimum absolute atomic E-state index is 0.0191. The molecule has 160 valence electrons. The Morgan fingerprint density at radius 3 is 1.68 bits per heavy atom. The lowest BCUT2D eigenvalue weighted by atomic mass is 10.2. The van der Waals surface area contributed by atoms with Crippen molar-refractivity contribution >= 4 is 36.3 Å². The Morgan fingerprint density at radius 2 is 1.23 bits per heavy atom. The molecule has 31 heavy (non-hydrogen) atoms. The number of hydrogen-bond donors (Lipinski definition) is 0. The van der Waals surface area contributed by atoms with E-state index < -0.39 is 42.0 Å². The van der Waals surface area contributed by atoms with Gasteiger partial charge in [-0.3, -0.25) is 4.79 Å². The van der Waals surface area contributed by atoms with Crippen LogP contribution in [0.25, 0.3) is 0 Å². The number of benzene rings is 3. The van der Waals surface area contributed by atoms with Gasteiger partial charge in [0.2, 0.25) is 0 Å². The maximum Gasteiger partial charge on any atom is 0.356 e. The Morgan fingerprint density at radius 1 is 0.774 bits per heavy atom. The van der Waals surface area contributed by atoms with Crippen LogP contribution < -0.4 is 0 Å². The lowest BCUT2D eigenvalue weighted by Crippen LogP contribution is -2.31. The molecule has 0 saturated heterocycles. The quantitative estimate of drug-likeness (QED) is 0.314. The number of rotatable bonds is 6. The van der Waals surface area contributed by atoms with Gasteiger partial charge in [-0.05, 0) is 31.2 Å². The molecule has 0 amide bonds. The van der Waals surface area contributed by atoms with Crippen molar-refractivity contribution in [2.45, 2.75) is 16.7 Å². The summed E-state index contributed by atoms with van der Waals surface area (Å²) in [5, 5.41) is 0. The molecule has 0 saturated carbocycles. The summed E-state index contributed by atoms with van der Waals surface area (Å²) in [6, 6.07) is 26.0. The zero-order valence-corrected chi connectivity index (χ0v) is 18.6. The van der Waals surface area contributed by atoms with E-state index in [0.29, 0.717) is 9.79 Å². The van der Waals surface area contributed by atoms with Gasteiger partial charge < -0.3 is 4.74 Å². The topological polar surface area (TPSA) is 77.5 Å². The molecule has 0 aliphatic heterocycles. The molecule has 3 aromatic carbocycles. The number of ether oxygens (including phenoxy) is 1. The molecule has 0 aliphatic rings. The van der Waals surface area contributed by atoms with Crippen molar-refractivity contribution in [2.24, 2.45) is 0 Å². The molecule has 0 radical (unpaired) electrons.